The minimum atomic E-state index is -0.831. The smallest absolute Gasteiger partial charge is 0.407 e. The number of carbonyl (C=O) groups excluding carboxylic acids is 1. The molecule has 0 aliphatic carbocycles. The standard InChI is InChI=1S/C16H23NO3/c1-5-14(18)13(11-12-9-7-6-8-10-12)17-15(19)20-16(2,3)4/h5-10,13-14,18H,1,11H2,2-4H3,(H,17,19). The maximum atomic E-state index is 11.8. The van der Waals surface area contributed by atoms with Gasteiger partial charge in [-0.25, -0.2) is 4.79 Å². The third kappa shape index (κ3) is 5.89. The van der Waals surface area contributed by atoms with Crippen molar-refractivity contribution in [2.24, 2.45) is 0 Å². The van der Waals surface area contributed by atoms with Gasteiger partial charge in [0.15, 0.2) is 0 Å². The molecule has 0 spiro atoms. The summed E-state index contributed by atoms with van der Waals surface area (Å²) in [5, 5.41) is 12.6. The molecule has 0 radical (unpaired) electrons. The van der Waals surface area contributed by atoms with E-state index in [1.807, 2.05) is 30.3 Å². The molecule has 0 saturated carbocycles. The summed E-state index contributed by atoms with van der Waals surface area (Å²) in [6, 6.07) is 9.17. The van der Waals surface area contributed by atoms with Gasteiger partial charge in [-0.2, -0.15) is 0 Å². The van der Waals surface area contributed by atoms with Crippen molar-refractivity contribution in [3.63, 3.8) is 0 Å². The number of rotatable bonds is 5. The Morgan fingerprint density at radius 2 is 2.00 bits per heavy atom. The van der Waals surface area contributed by atoms with Gasteiger partial charge >= 0.3 is 6.09 Å². The zero-order valence-corrected chi connectivity index (χ0v) is 12.3. The highest BCUT2D eigenvalue weighted by atomic mass is 16.6. The fourth-order valence-electron chi connectivity index (χ4n) is 1.75. The second-order valence-corrected chi connectivity index (χ2v) is 5.67. The van der Waals surface area contributed by atoms with E-state index < -0.39 is 23.8 Å². The van der Waals surface area contributed by atoms with Crippen LogP contribution in [0.3, 0.4) is 0 Å². The highest BCUT2D eigenvalue weighted by Gasteiger charge is 2.23. The summed E-state index contributed by atoms with van der Waals surface area (Å²) in [6.45, 7) is 8.95. The first-order valence-corrected chi connectivity index (χ1v) is 6.66. The van der Waals surface area contributed by atoms with E-state index in [1.165, 1.54) is 6.08 Å². The molecule has 1 amide bonds. The molecule has 4 heteroatoms. The summed E-state index contributed by atoms with van der Waals surface area (Å²) >= 11 is 0. The molecule has 0 bridgehead atoms. The van der Waals surface area contributed by atoms with Crippen LogP contribution in [0.2, 0.25) is 0 Å². The van der Waals surface area contributed by atoms with Crippen molar-refractivity contribution in [2.75, 3.05) is 0 Å². The van der Waals surface area contributed by atoms with Crippen LogP contribution in [0.25, 0.3) is 0 Å². The van der Waals surface area contributed by atoms with Crippen molar-refractivity contribution in [3.8, 4) is 0 Å². The lowest BCUT2D eigenvalue weighted by molar-refractivity contribution is 0.0455. The molecule has 0 aliphatic rings. The van der Waals surface area contributed by atoms with Crippen LogP contribution in [0.1, 0.15) is 26.3 Å². The molecule has 0 aromatic heterocycles. The molecule has 2 atom stereocenters. The Morgan fingerprint density at radius 3 is 2.50 bits per heavy atom. The minimum Gasteiger partial charge on any atom is -0.444 e. The lowest BCUT2D eigenvalue weighted by Crippen LogP contribution is -2.46. The molecule has 1 rings (SSSR count). The number of alkyl carbamates (subject to hydrolysis) is 1. The fraction of sp³-hybridized carbons (Fsp3) is 0.438. The topological polar surface area (TPSA) is 58.6 Å². The molecule has 1 aromatic carbocycles. The lowest BCUT2D eigenvalue weighted by atomic mass is 10.0. The number of aliphatic hydroxyl groups is 1. The molecule has 1 aromatic rings. The van der Waals surface area contributed by atoms with Crippen molar-refractivity contribution in [1.29, 1.82) is 0 Å². The van der Waals surface area contributed by atoms with E-state index in [2.05, 4.69) is 11.9 Å². The van der Waals surface area contributed by atoms with Gasteiger partial charge in [-0.05, 0) is 32.8 Å². The summed E-state index contributed by atoms with van der Waals surface area (Å²) in [5.41, 5.74) is 0.454. The average Bonchev–Trinajstić information content (AvgIpc) is 2.36. The van der Waals surface area contributed by atoms with Crippen molar-refractivity contribution in [2.45, 2.75) is 44.9 Å². The largest absolute Gasteiger partial charge is 0.444 e. The van der Waals surface area contributed by atoms with Crippen molar-refractivity contribution in [3.05, 3.63) is 48.6 Å². The van der Waals surface area contributed by atoms with E-state index >= 15 is 0 Å². The average molecular weight is 277 g/mol. The van der Waals surface area contributed by atoms with Gasteiger partial charge in [-0.1, -0.05) is 36.4 Å². The quantitative estimate of drug-likeness (QED) is 0.813. The monoisotopic (exact) mass is 277 g/mol. The molecule has 2 unspecified atom stereocenters. The molecule has 0 fully saturated rings. The minimum absolute atomic E-state index is 0.468. The van der Waals surface area contributed by atoms with Crippen LogP contribution < -0.4 is 5.32 Å². The van der Waals surface area contributed by atoms with Gasteiger partial charge < -0.3 is 15.2 Å². The predicted molar refractivity (Wildman–Crippen MR) is 79.5 cm³/mol. The third-order valence-corrected chi connectivity index (χ3v) is 2.65. The first-order chi connectivity index (χ1) is 9.31. The Morgan fingerprint density at radius 1 is 1.40 bits per heavy atom. The normalized spacial score (nSPS) is 14.2. The van der Waals surface area contributed by atoms with Crippen LogP contribution in [-0.2, 0) is 11.2 Å². The highest BCUT2D eigenvalue weighted by molar-refractivity contribution is 5.68. The summed E-state index contributed by atoms with van der Waals surface area (Å²) < 4.78 is 5.21. The van der Waals surface area contributed by atoms with Gasteiger partial charge in [0, 0.05) is 0 Å². The van der Waals surface area contributed by atoms with Crippen molar-refractivity contribution >= 4 is 6.09 Å². The predicted octanol–water partition coefficient (Wildman–Crippen LogP) is 2.67. The molecule has 4 nitrogen and oxygen atoms in total. The number of hydrogen-bond acceptors (Lipinski definition) is 3. The Kier molecular flexibility index (Phi) is 5.77. The van der Waals surface area contributed by atoms with E-state index in [0.29, 0.717) is 6.42 Å². The van der Waals surface area contributed by atoms with Gasteiger partial charge in [-0.3, -0.25) is 0 Å². The summed E-state index contributed by atoms with van der Waals surface area (Å²) in [5.74, 6) is 0. The number of amides is 1. The molecule has 0 aliphatic heterocycles. The van der Waals surface area contributed by atoms with Gasteiger partial charge in [0.2, 0.25) is 0 Å². The van der Waals surface area contributed by atoms with Crippen molar-refractivity contribution < 1.29 is 14.6 Å². The number of benzene rings is 1. The fourth-order valence-corrected chi connectivity index (χ4v) is 1.75. The van der Waals surface area contributed by atoms with E-state index in [4.69, 9.17) is 4.74 Å². The second-order valence-electron chi connectivity index (χ2n) is 5.67. The molecular formula is C16H23NO3. The van der Waals surface area contributed by atoms with Gasteiger partial charge in [0.25, 0.3) is 0 Å². The van der Waals surface area contributed by atoms with Crippen LogP contribution in [0.4, 0.5) is 4.79 Å². The van der Waals surface area contributed by atoms with E-state index in [1.54, 1.807) is 20.8 Å². The molecule has 110 valence electrons. The molecule has 0 saturated heterocycles. The first kappa shape index (κ1) is 16.2. The summed E-state index contributed by atoms with van der Waals surface area (Å²) in [4.78, 5) is 11.8. The lowest BCUT2D eigenvalue weighted by Gasteiger charge is -2.25. The van der Waals surface area contributed by atoms with Crippen LogP contribution in [0, 0.1) is 0 Å². The summed E-state index contributed by atoms with van der Waals surface area (Å²) in [6.07, 6.45) is 0.542. The number of aliphatic hydroxyl groups excluding tert-OH is 1. The third-order valence-electron chi connectivity index (χ3n) is 2.65. The first-order valence-electron chi connectivity index (χ1n) is 6.66. The summed E-state index contributed by atoms with van der Waals surface area (Å²) in [7, 11) is 0. The van der Waals surface area contributed by atoms with Crippen LogP contribution in [0.5, 0.6) is 0 Å². The SMILES string of the molecule is C=CC(O)C(Cc1ccccc1)NC(=O)OC(C)(C)C. The number of ether oxygens (including phenoxy) is 1. The molecule has 20 heavy (non-hydrogen) atoms. The number of hydrogen-bond donors (Lipinski definition) is 2. The van der Waals surface area contributed by atoms with E-state index in [-0.39, 0.29) is 0 Å². The van der Waals surface area contributed by atoms with Crippen molar-refractivity contribution in [1.82, 2.24) is 5.32 Å². The Bertz CT molecular complexity index is 437. The van der Waals surface area contributed by atoms with E-state index in [0.717, 1.165) is 5.56 Å². The Labute approximate surface area is 120 Å². The van der Waals surface area contributed by atoms with Gasteiger partial charge in [-0.15, -0.1) is 6.58 Å². The molecule has 2 N–H and O–H groups in total. The maximum absolute atomic E-state index is 11.8. The van der Waals surface area contributed by atoms with Gasteiger partial charge in [0.05, 0.1) is 12.1 Å². The van der Waals surface area contributed by atoms with Crippen LogP contribution in [0.15, 0.2) is 43.0 Å². The number of carbonyl (C=O) groups is 1. The Hall–Kier alpha value is -1.81. The maximum Gasteiger partial charge on any atom is 0.407 e. The highest BCUT2D eigenvalue weighted by Crippen LogP contribution is 2.10. The zero-order valence-electron chi connectivity index (χ0n) is 12.3. The van der Waals surface area contributed by atoms with Crippen LogP contribution >= 0.6 is 0 Å². The zero-order chi connectivity index (χ0) is 15.2. The molecular weight excluding hydrogens is 254 g/mol. The van der Waals surface area contributed by atoms with E-state index in [9.17, 15) is 9.90 Å². The molecule has 0 heterocycles. The van der Waals surface area contributed by atoms with Gasteiger partial charge in [0.1, 0.15) is 5.60 Å². The number of nitrogens with one attached hydrogen (secondary N) is 1. The second kappa shape index (κ2) is 7.10. The Balaban J connectivity index is 2.70. The van der Waals surface area contributed by atoms with Crippen LogP contribution in [-0.4, -0.2) is 28.9 Å².